The Balaban J connectivity index is 1.29. The molecule has 3 aromatic rings. The van der Waals surface area contributed by atoms with Crippen LogP contribution in [0.4, 0.5) is 0 Å². The van der Waals surface area contributed by atoms with Gasteiger partial charge in [0.05, 0.1) is 18.4 Å². The summed E-state index contributed by atoms with van der Waals surface area (Å²) >= 11 is 1.71. The predicted molar refractivity (Wildman–Crippen MR) is 127 cm³/mol. The van der Waals surface area contributed by atoms with Crippen molar-refractivity contribution in [3.63, 3.8) is 0 Å². The fourth-order valence-corrected chi connectivity index (χ4v) is 4.55. The van der Waals surface area contributed by atoms with Gasteiger partial charge in [0, 0.05) is 24.0 Å². The molecule has 0 saturated carbocycles. The van der Waals surface area contributed by atoms with Crippen LogP contribution in [0.3, 0.4) is 0 Å². The molecule has 178 valence electrons. The number of aryl methyl sites for hydroxylation is 2. The first-order valence-electron chi connectivity index (χ1n) is 10.8. The number of carbonyl (C=O) groups excluding carboxylic acids is 2. The van der Waals surface area contributed by atoms with Gasteiger partial charge in [-0.05, 0) is 61.1 Å². The minimum atomic E-state index is -0.584. The fraction of sp³-hybridized carbons (Fsp3) is 0.320. The fourth-order valence-electron chi connectivity index (χ4n) is 3.66. The van der Waals surface area contributed by atoms with Gasteiger partial charge in [-0.15, -0.1) is 11.3 Å². The lowest BCUT2D eigenvalue weighted by molar-refractivity contribution is -0.148. The van der Waals surface area contributed by atoms with Crippen LogP contribution in [0.25, 0.3) is 6.08 Å². The number of benzene rings is 1. The van der Waals surface area contributed by atoms with Crippen LogP contribution in [0, 0.1) is 13.8 Å². The molecule has 1 aromatic carbocycles. The molecule has 1 aliphatic heterocycles. The molecule has 9 heteroatoms. The van der Waals surface area contributed by atoms with Crippen LogP contribution in [0.1, 0.15) is 33.0 Å². The number of hydrogen-bond donors (Lipinski definition) is 0. The largest absolute Gasteiger partial charge is 0.493 e. The third-order valence-electron chi connectivity index (χ3n) is 5.65. The highest BCUT2D eigenvalue weighted by molar-refractivity contribution is 7.10. The highest BCUT2D eigenvalue weighted by Gasteiger charge is 2.22. The molecular weight excluding hydrogens is 456 g/mol. The van der Waals surface area contributed by atoms with Crippen molar-refractivity contribution in [3.05, 3.63) is 68.7 Å². The molecule has 4 rings (SSSR count). The van der Waals surface area contributed by atoms with Gasteiger partial charge in [0.15, 0.2) is 18.1 Å². The van der Waals surface area contributed by atoms with Crippen molar-refractivity contribution >= 4 is 29.3 Å². The number of methoxy groups -OCH3 is 1. The van der Waals surface area contributed by atoms with Crippen LogP contribution >= 0.6 is 11.3 Å². The Labute approximate surface area is 201 Å². The first-order chi connectivity index (χ1) is 16.4. The summed E-state index contributed by atoms with van der Waals surface area (Å²) < 4.78 is 21.6. The van der Waals surface area contributed by atoms with Crippen molar-refractivity contribution in [3.8, 4) is 11.5 Å². The Kier molecular flexibility index (Phi) is 7.32. The van der Waals surface area contributed by atoms with Gasteiger partial charge >= 0.3 is 5.97 Å². The van der Waals surface area contributed by atoms with Gasteiger partial charge in [0.25, 0.3) is 5.91 Å². The third kappa shape index (κ3) is 5.48. The first kappa shape index (κ1) is 23.6. The zero-order valence-electron chi connectivity index (χ0n) is 19.3. The summed E-state index contributed by atoms with van der Waals surface area (Å²) in [5.74, 6) is 1.02. The van der Waals surface area contributed by atoms with Crippen molar-refractivity contribution < 1.29 is 28.3 Å². The smallest absolute Gasteiger partial charge is 0.331 e. The molecule has 0 saturated heterocycles. The molecule has 0 aliphatic carbocycles. The first-order valence-corrected chi connectivity index (χ1v) is 11.7. The van der Waals surface area contributed by atoms with E-state index in [2.05, 4.69) is 5.16 Å². The van der Waals surface area contributed by atoms with Crippen LogP contribution in [0.2, 0.25) is 0 Å². The Morgan fingerprint density at radius 3 is 2.85 bits per heavy atom. The van der Waals surface area contributed by atoms with Crippen LogP contribution in [0.15, 0.2) is 40.2 Å². The molecule has 0 bridgehead atoms. The monoisotopic (exact) mass is 482 g/mol. The number of rotatable bonds is 8. The summed E-state index contributed by atoms with van der Waals surface area (Å²) in [5.41, 5.74) is 3.57. The van der Waals surface area contributed by atoms with Crippen molar-refractivity contribution in [2.24, 2.45) is 0 Å². The van der Waals surface area contributed by atoms with E-state index in [9.17, 15) is 9.59 Å². The van der Waals surface area contributed by atoms with Gasteiger partial charge in [-0.2, -0.15) is 0 Å². The summed E-state index contributed by atoms with van der Waals surface area (Å²) in [6.07, 6.45) is 3.73. The van der Waals surface area contributed by atoms with E-state index in [1.165, 1.54) is 16.5 Å². The van der Waals surface area contributed by atoms with E-state index in [4.69, 9.17) is 18.7 Å². The van der Waals surface area contributed by atoms with E-state index in [0.717, 1.165) is 23.2 Å². The lowest BCUT2D eigenvalue weighted by atomic mass is 10.1. The maximum absolute atomic E-state index is 12.4. The molecule has 34 heavy (non-hydrogen) atoms. The molecule has 1 amide bonds. The molecule has 0 spiro atoms. The standard InChI is InChI=1S/C25H26N2O6S/c1-16-20(17(2)33-26-16)14-31-21-6-4-18(12-22(21)30-3)5-7-25(29)32-15-24(28)27-10-8-23-19(13-27)9-11-34-23/h4-7,9,11-12H,8,10,13-15H2,1-3H3. The summed E-state index contributed by atoms with van der Waals surface area (Å²) in [4.78, 5) is 27.6. The van der Waals surface area contributed by atoms with Crippen molar-refractivity contribution in [1.29, 1.82) is 0 Å². The summed E-state index contributed by atoms with van der Waals surface area (Å²) in [5, 5.41) is 5.96. The molecule has 0 atom stereocenters. The third-order valence-corrected chi connectivity index (χ3v) is 6.67. The summed E-state index contributed by atoms with van der Waals surface area (Å²) in [6, 6.07) is 7.35. The van der Waals surface area contributed by atoms with Gasteiger partial charge in [0.1, 0.15) is 12.4 Å². The zero-order chi connectivity index (χ0) is 24.1. The van der Waals surface area contributed by atoms with Gasteiger partial charge in [-0.25, -0.2) is 4.79 Å². The van der Waals surface area contributed by atoms with Crippen molar-refractivity contribution in [2.75, 3.05) is 20.3 Å². The number of aromatic nitrogens is 1. The van der Waals surface area contributed by atoms with Crippen molar-refractivity contribution in [2.45, 2.75) is 33.4 Å². The van der Waals surface area contributed by atoms with Crippen LogP contribution < -0.4 is 9.47 Å². The highest BCUT2D eigenvalue weighted by atomic mass is 32.1. The molecule has 0 unspecified atom stereocenters. The Hall–Kier alpha value is -3.59. The van der Waals surface area contributed by atoms with Crippen LogP contribution in [0.5, 0.6) is 11.5 Å². The van der Waals surface area contributed by atoms with Gasteiger partial charge in [-0.3, -0.25) is 4.79 Å². The number of ether oxygens (including phenoxy) is 3. The average Bonchev–Trinajstić information content (AvgIpc) is 3.45. The van der Waals surface area contributed by atoms with Gasteiger partial charge < -0.3 is 23.6 Å². The second-order valence-corrected chi connectivity index (χ2v) is 8.88. The molecule has 0 fully saturated rings. The second-order valence-electron chi connectivity index (χ2n) is 7.88. The number of amides is 1. The van der Waals surface area contributed by atoms with E-state index in [0.29, 0.717) is 37.0 Å². The van der Waals surface area contributed by atoms with E-state index in [1.54, 1.807) is 47.6 Å². The zero-order valence-corrected chi connectivity index (χ0v) is 20.1. The van der Waals surface area contributed by atoms with Gasteiger partial charge in [-0.1, -0.05) is 11.2 Å². The summed E-state index contributed by atoms with van der Waals surface area (Å²) in [7, 11) is 1.55. The molecule has 0 radical (unpaired) electrons. The van der Waals surface area contributed by atoms with Crippen LogP contribution in [-0.2, 0) is 33.9 Å². The minimum absolute atomic E-state index is 0.194. The SMILES string of the molecule is COc1cc(C=CC(=O)OCC(=O)N2CCc3sccc3C2)ccc1OCc1c(C)noc1C. The predicted octanol–water partition coefficient (Wildman–Crippen LogP) is 4.08. The highest BCUT2D eigenvalue weighted by Crippen LogP contribution is 2.30. The minimum Gasteiger partial charge on any atom is -0.493 e. The van der Waals surface area contributed by atoms with E-state index >= 15 is 0 Å². The van der Waals surface area contributed by atoms with E-state index < -0.39 is 5.97 Å². The van der Waals surface area contributed by atoms with E-state index in [1.807, 2.05) is 25.3 Å². The lowest BCUT2D eigenvalue weighted by Crippen LogP contribution is -2.38. The maximum atomic E-state index is 12.4. The van der Waals surface area contributed by atoms with Crippen molar-refractivity contribution in [1.82, 2.24) is 10.1 Å². The number of carbonyl (C=O) groups is 2. The molecule has 3 heterocycles. The summed E-state index contributed by atoms with van der Waals surface area (Å²) in [6.45, 7) is 4.93. The number of fused-ring (bicyclic) bond motifs is 1. The topological polar surface area (TPSA) is 91.1 Å². The maximum Gasteiger partial charge on any atom is 0.331 e. The average molecular weight is 483 g/mol. The molecule has 2 aromatic heterocycles. The number of nitrogens with zero attached hydrogens (tertiary/aromatic N) is 2. The number of esters is 1. The second kappa shape index (κ2) is 10.6. The van der Waals surface area contributed by atoms with Gasteiger partial charge in [0.2, 0.25) is 0 Å². The Morgan fingerprint density at radius 2 is 2.09 bits per heavy atom. The Morgan fingerprint density at radius 1 is 1.24 bits per heavy atom. The number of hydrogen-bond acceptors (Lipinski definition) is 8. The molecule has 1 aliphatic rings. The quantitative estimate of drug-likeness (QED) is 0.353. The Bertz CT molecular complexity index is 1190. The van der Waals surface area contributed by atoms with E-state index in [-0.39, 0.29) is 12.5 Å². The van der Waals surface area contributed by atoms with Crippen LogP contribution in [-0.4, -0.2) is 42.2 Å². The molecular formula is C25H26N2O6S. The number of thiophene rings is 1. The normalized spacial score (nSPS) is 13.1. The molecule has 0 N–H and O–H groups in total. The molecule has 8 nitrogen and oxygen atoms in total. The lowest BCUT2D eigenvalue weighted by Gasteiger charge is -2.26.